The van der Waals surface area contributed by atoms with Crippen LogP contribution in [-0.2, 0) is 5.41 Å². The van der Waals surface area contributed by atoms with Crippen LogP contribution in [0.4, 0.5) is 17.1 Å². The zero-order valence-corrected chi connectivity index (χ0v) is 37.8. The highest BCUT2D eigenvalue weighted by atomic mass is 32.1. The van der Waals surface area contributed by atoms with Crippen LogP contribution in [0.1, 0.15) is 22.3 Å². The van der Waals surface area contributed by atoms with Crippen molar-refractivity contribution in [1.82, 2.24) is 0 Å². The molecule has 13 aromatic rings. The molecule has 0 radical (unpaired) electrons. The lowest BCUT2D eigenvalue weighted by atomic mass is 9.68. The number of anilines is 3. The number of hydrogen-bond donors (Lipinski definition) is 0. The number of fused-ring (bicyclic) bond motifs is 11. The van der Waals surface area contributed by atoms with Gasteiger partial charge in [0.15, 0.2) is 0 Å². The second-order valence-electron chi connectivity index (χ2n) is 17.9. The van der Waals surface area contributed by atoms with Gasteiger partial charge in [-0.25, -0.2) is 0 Å². The fourth-order valence-corrected chi connectivity index (χ4v) is 12.5. The summed E-state index contributed by atoms with van der Waals surface area (Å²) < 4.78 is 9.26. The molecule has 0 saturated carbocycles. The number of benzene rings is 11. The molecule has 0 fully saturated rings. The number of nitrogens with zero attached hydrogens (tertiary/aromatic N) is 1. The Balaban J connectivity index is 0.961. The molecule has 2 aromatic heterocycles. The molecule has 1 aliphatic carbocycles. The molecule has 2 heterocycles. The monoisotopic (exact) mass is 883 g/mol. The van der Waals surface area contributed by atoms with E-state index in [1.807, 2.05) is 11.3 Å². The summed E-state index contributed by atoms with van der Waals surface area (Å²) >= 11 is 1.86. The predicted octanol–water partition coefficient (Wildman–Crippen LogP) is 18.3. The molecule has 0 aliphatic heterocycles. The van der Waals surface area contributed by atoms with Crippen LogP contribution in [0.2, 0.25) is 0 Å². The maximum Gasteiger partial charge on any atom is 0.143 e. The highest BCUT2D eigenvalue weighted by molar-refractivity contribution is 7.25. The molecular weight excluding hydrogens is 843 g/mol. The molecule has 68 heavy (non-hydrogen) atoms. The van der Waals surface area contributed by atoms with Crippen molar-refractivity contribution >= 4 is 81.3 Å². The predicted molar refractivity (Wildman–Crippen MR) is 287 cm³/mol. The first-order valence-electron chi connectivity index (χ1n) is 23.3. The van der Waals surface area contributed by atoms with Gasteiger partial charge in [-0.1, -0.05) is 188 Å². The van der Waals surface area contributed by atoms with Crippen molar-refractivity contribution in [3.05, 3.63) is 271 Å². The lowest BCUT2D eigenvalue weighted by Gasteiger charge is -2.34. The number of furan rings is 1. The van der Waals surface area contributed by atoms with Crippen LogP contribution in [0.5, 0.6) is 0 Å². The summed E-state index contributed by atoms with van der Waals surface area (Å²) in [7, 11) is 0. The Morgan fingerprint density at radius 3 is 1.76 bits per heavy atom. The molecule has 0 saturated heterocycles. The second kappa shape index (κ2) is 15.3. The quantitative estimate of drug-likeness (QED) is 0.159. The molecule has 318 valence electrons. The molecule has 0 amide bonds. The fraction of sp³-hybridized carbons (Fsp3) is 0.0154. The first-order valence-corrected chi connectivity index (χ1v) is 24.1. The van der Waals surface area contributed by atoms with Gasteiger partial charge in [0.05, 0.1) is 11.1 Å². The van der Waals surface area contributed by atoms with Crippen LogP contribution in [0, 0.1) is 0 Å². The summed E-state index contributed by atoms with van der Waals surface area (Å²) in [5.74, 6) is 0. The summed E-state index contributed by atoms with van der Waals surface area (Å²) in [6.45, 7) is 0. The summed E-state index contributed by atoms with van der Waals surface area (Å²) in [5, 5.41) is 7.19. The van der Waals surface area contributed by atoms with Gasteiger partial charge >= 0.3 is 0 Å². The first-order chi connectivity index (χ1) is 33.7. The van der Waals surface area contributed by atoms with E-state index in [0.717, 1.165) is 55.5 Å². The number of hydrogen-bond acceptors (Lipinski definition) is 3. The Hall–Kier alpha value is -8.50. The molecule has 0 N–H and O–H groups in total. The average Bonchev–Trinajstić information content (AvgIpc) is 4.09. The zero-order chi connectivity index (χ0) is 44.8. The summed E-state index contributed by atoms with van der Waals surface area (Å²) in [5.41, 5.74) is 16.8. The Morgan fingerprint density at radius 2 is 0.985 bits per heavy atom. The van der Waals surface area contributed by atoms with Gasteiger partial charge in [-0.15, -0.1) is 11.3 Å². The highest BCUT2D eigenvalue weighted by Gasteiger charge is 2.47. The lowest BCUT2D eigenvalue weighted by molar-refractivity contribution is 0.673. The van der Waals surface area contributed by atoms with Crippen molar-refractivity contribution in [1.29, 1.82) is 0 Å². The Labute approximate surface area is 398 Å². The Morgan fingerprint density at radius 1 is 0.382 bits per heavy atom. The summed E-state index contributed by atoms with van der Waals surface area (Å²) in [6.07, 6.45) is 0. The molecule has 0 unspecified atom stereocenters. The zero-order valence-electron chi connectivity index (χ0n) is 36.9. The van der Waals surface area contributed by atoms with Gasteiger partial charge in [-0.3, -0.25) is 0 Å². The highest BCUT2D eigenvalue weighted by Crippen LogP contribution is 2.59. The van der Waals surface area contributed by atoms with E-state index < -0.39 is 5.41 Å². The van der Waals surface area contributed by atoms with Gasteiger partial charge in [-0.05, 0) is 116 Å². The Bertz CT molecular complexity index is 4030. The largest absolute Gasteiger partial charge is 0.455 e. The third-order valence-electron chi connectivity index (χ3n) is 14.4. The molecular formula is C65H41NOS. The fourth-order valence-electron chi connectivity index (χ4n) is 11.4. The van der Waals surface area contributed by atoms with Crippen LogP contribution in [0.15, 0.2) is 253 Å². The van der Waals surface area contributed by atoms with Gasteiger partial charge in [0.25, 0.3) is 0 Å². The molecule has 2 nitrogen and oxygen atoms in total. The number of rotatable bonds is 7. The smallest absolute Gasteiger partial charge is 0.143 e. The van der Waals surface area contributed by atoms with E-state index in [-0.39, 0.29) is 0 Å². The van der Waals surface area contributed by atoms with Crippen LogP contribution >= 0.6 is 11.3 Å². The third-order valence-corrected chi connectivity index (χ3v) is 15.5. The van der Waals surface area contributed by atoms with E-state index in [1.165, 1.54) is 70.1 Å². The third kappa shape index (κ3) is 5.76. The Kier molecular flexibility index (Phi) is 8.71. The van der Waals surface area contributed by atoms with E-state index in [1.54, 1.807) is 0 Å². The summed E-state index contributed by atoms with van der Waals surface area (Å²) in [6, 6.07) is 91.3. The van der Waals surface area contributed by atoms with Gasteiger partial charge in [-0.2, -0.15) is 0 Å². The lowest BCUT2D eigenvalue weighted by Crippen LogP contribution is -2.28. The molecule has 1 aliphatic rings. The van der Waals surface area contributed by atoms with E-state index in [9.17, 15) is 0 Å². The van der Waals surface area contributed by atoms with Crippen molar-refractivity contribution in [2.75, 3.05) is 4.90 Å². The normalized spacial score (nSPS) is 12.8. The van der Waals surface area contributed by atoms with Crippen molar-refractivity contribution in [3.63, 3.8) is 0 Å². The van der Waals surface area contributed by atoms with E-state index >= 15 is 0 Å². The maximum absolute atomic E-state index is 6.63. The van der Waals surface area contributed by atoms with Crippen LogP contribution in [0.25, 0.3) is 86.3 Å². The minimum atomic E-state index is -0.522. The topological polar surface area (TPSA) is 16.4 Å². The molecule has 0 atom stereocenters. The minimum Gasteiger partial charge on any atom is -0.455 e. The first kappa shape index (κ1) is 38.7. The van der Waals surface area contributed by atoms with Crippen molar-refractivity contribution in [2.24, 2.45) is 0 Å². The molecule has 3 heteroatoms. The minimum absolute atomic E-state index is 0.522. The standard InChI is InChI=1S/C65H41NOS/c1-3-16-46(17-4-1)65(47-18-5-2-6-19-47)56-24-11-9-22-53(56)63-57(65)25-14-26-58(63)66(48-35-29-42(30-36-48)45-34-40-61-55(41-45)52-21-10-12-28-60(52)68-61)49-37-31-44(32-38-49)50-23-13-27-59-62(50)54-39-33-43-15-7-8-20-51(43)64(54)67-59/h1-41H. The van der Waals surface area contributed by atoms with Crippen LogP contribution < -0.4 is 4.90 Å². The van der Waals surface area contributed by atoms with Gasteiger partial charge in [0, 0.05) is 53.3 Å². The summed E-state index contributed by atoms with van der Waals surface area (Å²) in [4.78, 5) is 2.46. The SMILES string of the molecule is c1ccc(C2(c3ccccc3)c3ccccc3-c3c(N(c4ccc(-c5ccc6sc7ccccc7c6c5)cc4)c4ccc(-c5cccc6oc7c8ccccc8ccc7c56)cc4)cccc32)cc1. The molecule has 0 bridgehead atoms. The average molecular weight is 884 g/mol. The van der Waals surface area contributed by atoms with E-state index in [4.69, 9.17) is 4.42 Å². The van der Waals surface area contributed by atoms with Crippen molar-refractivity contribution < 1.29 is 4.42 Å². The maximum atomic E-state index is 6.63. The molecule has 11 aromatic carbocycles. The van der Waals surface area contributed by atoms with Crippen LogP contribution in [0.3, 0.4) is 0 Å². The van der Waals surface area contributed by atoms with Crippen molar-refractivity contribution in [3.8, 4) is 33.4 Å². The molecule has 0 spiro atoms. The number of thiophene rings is 1. The van der Waals surface area contributed by atoms with Crippen molar-refractivity contribution in [2.45, 2.75) is 5.41 Å². The van der Waals surface area contributed by atoms with Gasteiger partial charge < -0.3 is 9.32 Å². The van der Waals surface area contributed by atoms with Crippen LogP contribution in [-0.4, -0.2) is 0 Å². The van der Waals surface area contributed by atoms with Gasteiger partial charge in [0.2, 0.25) is 0 Å². The van der Waals surface area contributed by atoms with E-state index in [0.29, 0.717) is 0 Å². The van der Waals surface area contributed by atoms with Gasteiger partial charge in [0.1, 0.15) is 11.2 Å². The second-order valence-corrected chi connectivity index (χ2v) is 19.0. The molecule has 14 rings (SSSR count). The van der Waals surface area contributed by atoms with E-state index in [2.05, 4.69) is 254 Å².